The lowest BCUT2D eigenvalue weighted by molar-refractivity contribution is -0.111. The van der Waals surface area contributed by atoms with E-state index in [-0.39, 0.29) is 10.8 Å². The van der Waals surface area contributed by atoms with Gasteiger partial charge in [0.2, 0.25) is 15.9 Å². The Hall–Kier alpha value is -2.88. The van der Waals surface area contributed by atoms with Crippen LogP contribution in [0.3, 0.4) is 0 Å². The maximum absolute atomic E-state index is 12.5. The van der Waals surface area contributed by atoms with E-state index < -0.39 is 10.0 Å². The summed E-state index contributed by atoms with van der Waals surface area (Å²) in [6, 6.07) is 13.4. The molecule has 0 unspecified atom stereocenters. The first kappa shape index (κ1) is 20.4. The molecule has 5 nitrogen and oxygen atoms in total. The van der Waals surface area contributed by atoms with Crippen LogP contribution in [-0.2, 0) is 14.8 Å². The van der Waals surface area contributed by atoms with E-state index in [4.69, 9.17) is 6.42 Å². The first-order chi connectivity index (χ1) is 12.9. The zero-order valence-electron chi connectivity index (χ0n) is 15.3. The number of benzene rings is 2. The molecule has 0 spiro atoms. The number of nitrogens with zero attached hydrogens (tertiary/aromatic N) is 1. The molecule has 0 aliphatic rings. The third-order valence-electron chi connectivity index (χ3n) is 3.95. The average molecular weight is 382 g/mol. The van der Waals surface area contributed by atoms with Crippen molar-refractivity contribution < 1.29 is 13.2 Å². The van der Waals surface area contributed by atoms with Crippen molar-refractivity contribution in [1.82, 2.24) is 4.31 Å². The lowest BCUT2D eigenvalue weighted by Gasteiger charge is -2.18. The second-order valence-corrected chi connectivity index (χ2v) is 7.64. The van der Waals surface area contributed by atoms with E-state index in [2.05, 4.69) is 11.2 Å². The molecule has 0 radical (unpaired) electrons. The van der Waals surface area contributed by atoms with Gasteiger partial charge in [-0.05, 0) is 42.0 Å². The molecule has 0 atom stereocenters. The van der Waals surface area contributed by atoms with Crippen molar-refractivity contribution in [2.24, 2.45) is 0 Å². The fourth-order valence-corrected chi connectivity index (χ4v) is 3.96. The quantitative estimate of drug-likeness (QED) is 0.590. The molecule has 0 bridgehead atoms. The van der Waals surface area contributed by atoms with E-state index in [1.165, 1.54) is 10.4 Å². The smallest absolute Gasteiger partial charge is 0.248 e. The summed E-state index contributed by atoms with van der Waals surface area (Å²) in [6.07, 6.45) is 8.35. The molecule has 2 aromatic carbocycles. The SMILES string of the molecule is C#Cc1cccc(NC(=O)/C=C/c2ccc(S(=O)(=O)N(CC)CC)cc2)c1. The highest BCUT2D eigenvalue weighted by Gasteiger charge is 2.20. The van der Waals surface area contributed by atoms with Crippen LogP contribution in [0.15, 0.2) is 59.5 Å². The van der Waals surface area contributed by atoms with E-state index in [1.807, 2.05) is 0 Å². The van der Waals surface area contributed by atoms with Crippen LogP contribution < -0.4 is 5.32 Å². The molecule has 0 aliphatic carbocycles. The number of rotatable bonds is 7. The monoisotopic (exact) mass is 382 g/mol. The molecule has 0 aromatic heterocycles. The summed E-state index contributed by atoms with van der Waals surface area (Å²) >= 11 is 0. The number of hydrogen-bond acceptors (Lipinski definition) is 3. The summed E-state index contributed by atoms with van der Waals surface area (Å²) in [5.74, 6) is 2.21. The fourth-order valence-electron chi connectivity index (χ4n) is 2.51. The van der Waals surface area contributed by atoms with E-state index in [9.17, 15) is 13.2 Å². The summed E-state index contributed by atoms with van der Waals surface area (Å²) in [5.41, 5.74) is 2.02. The van der Waals surface area contributed by atoms with Crippen LogP contribution in [-0.4, -0.2) is 31.7 Å². The lowest BCUT2D eigenvalue weighted by atomic mass is 10.2. The van der Waals surface area contributed by atoms with Crippen molar-refractivity contribution in [3.05, 3.63) is 65.7 Å². The highest BCUT2D eigenvalue weighted by Crippen LogP contribution is 2.17. The highest BCUT2D eigenvalue weighted by molar-refractivity contribution is 7.89. The third-order valence-corrected chi connectivity index (χ3v) is 6.01. The number of sulfonamides is 1. The molecule has 140 valence electrons. The van der Waals surface area contributed by atoms with Gasteiger partial charge in [-0.15, -0.1) is 6.42 Å². The van der Waals surface area contributed by atoms with Gasteiger partial charge >= 0.3 is 0 Å². The molecule has 0 saturated heterocycles. The van der Waals surface area contributed by atoms with Crippen LogP contribution in [0.2, 0.25) is 0 Å². The zero-order valence-corrected chi connectivity index (χ0v) is 16.2. The van der Waals surface area contributed by atoms with Crippen LogP contribution in [0.25, 0.3) is 6.08 Å². The molecule has 0 saturated carbocycles. The van der Waals surface area contributed by atoms with Crippen molar-refractivity contribution in [3.8, 4) is 12.3 Å². The van der Waals surface area contributed by atoms with E-state index in [0.717, 1.165) is 5.56 Å². The van der Waals surface area contributed by atoms with Crippen molar-refractivity contribution in [2.75, 3.05) is 18.4 Å². The van der Waals surface area contributed by atoms with Gasteiger partial charge in [-0.2, -0.15) is 4.31 Å². The molecule has 0 fully saturated rings. The largest absolute Gasteiger partial charge is 0.322 e. The predicted octanol–water partition coefficient (Wildman–Crippen LogP) is 3.35. The standard InChI is InChI=1S/C21H22N2O3S/c1-4-17-8-7-9-19(16-17)22-21(24)15-12-18-10-13-20(14-11-18)27(25,26)23(5-2)6-3/h1,7-16H,5-6H2,2-3H3,(H,22,24)/b15-12+. The van der Waals surface area contributed by atoms with Crippen molar-refractivity contribution in [1.29, 1.82) is 0 Å². The Bertz CT molecular complexity index is 967. The average Bonchev–Trinajstić information content (AvgIpc) is 2.67. The van der Waals surface area contributed by atoms with Crippen LogP contribution >= 0.6 is 0 Å². The summed E-state index contributed by atoms with van der Waals surface area (Å²) in [5, 5.41) is 2.73. The molecule has 27 heavy (non-hydrogen) atoms. The summed E-state index contributed by atoms with van der Waals surface area (Å²) in [7, 11) is -3.48. The number of amides is 1. The normalized spacial score (nSPS) is 11.5. The second kappa shape index (κ2) is 9.17. The van der Waals surface area contributed by atoms with E-state index in [0.29, 0.717) is 24.3 Å². The lowest BCUT2D eigenvalue weighted by Crippen LogP contribution is -2.30. The number of anilines is 1. The molecule has 6 heteroatoms. The topological polar surface area (TPSA) is 66.5 Å². The fraction of sp³-hybridized carbons (Fsp3) is 0.190. The summed E-state index contributed by atoms with van der Waals surface area (Å²) in [4.78, 5) is 12.3. The number of carbonyl (C=O) groups is 1. The van der Waals surface area contributed by atoms with Crippen molar-refractivity contribution in [2.45, 2.75) is 18.7 Å². The third kappa shape index (κ3) is 5.30. The van der Waals surface area contributed by atoms with Crippen molar-refractivity contribution in [3.63, 3.8) is 0 Å². The van der Waals surface area contributed by atoms with E-state index >= 15 is 0 Å². The zero-order chi connectivity index (χ0) is 19.9. The first-order valence-electron chi connectivity index (χ1n) is 8.56. The minimum absolute atomic E-state index is 0.235. The number of carbonyl (C=O) groups excluding carboxylic acids is 1. The van der Waals surface area contributed by atoms with Gasteiger partial charge in [0, 0.05) is 30.4 Å². The highest BCUT2D eigenvalue weighted by atomic mass is 32.2. The molecule has 1 N–H and O–H groups in total. The van der Waals surface area contributed by atoms with Gasteiger partial charge in [-0.1, -0.05) is 38.0 Å². The number of nitrogens with one attached hydrogen (secondary N) is 1. The summed E-state index contributed by atoms with van der Waals surface area (Å²) in [6.45, 7) is 4.44. The van der Waals surface area contributed by atoms with Gasteiger partial charge < -0.3 is 5.32 Å². The maximum Gasteiger partial charge on any atom is 0.248 e. The van der Waals surface area contributed by atoms with Gasteiger partial charge in [-0.25, -0.2) is 8.42 Å². The predicted molar refractivity (Wildman–Crippen MR) is 109 cm³/mol. The van der Waals surface area contributed by atoms with Gasteiger partial charge in [0.05, 0.1) is 4.90 Å². The molecular weight excluding hydrogens is 360 g/mol. The molecule has 0 heterocycles. The van der Waals surface area contributed by atoms with Gasteiger partial charge in [0.15, 0.2) is 0 Å². The summed E-state index contributed by atoms with van der Waals surface area (Å²) < 4.78 is 26.3. The minimum atomic E-state index is -3.48. The Morgan fingerprint density at radius 3 is 2.41 bits per heavy atom. The molecule has 2 rings (SSSR count). The van der Waals surface area contributed by atoms with Crippen LogP contribution in [0.5, 0.6) is 0 Å². The Morgan fingerprint density at radius 2 is 1.81 bits per heavy atom. The maximum atomic E-state index is 12.5. The molecular formula is C21H22N2O3S. The minimum Gasteiger partial charge on any atom is -0.322 e. The van der Waals surface area contributed by atoms with Crippen LogP contribution in [0, 0.1) is 12.3 Å². The molecule has 1 amide bonds. The number of hydrogen-bond donors (Lipinski definition) is 1. The van der Waals surface area contributed by atoms with Crippen molar-refractivity contribution >= 4 is 27.7 Å². The Labute approximate surface area is 160 Å². The first-order valence-corrected chi connectivity index (χ1v) is 10.0. The number of terminal acetylenes is 1. The Balaban J connectivity index is 2.07. The van der Waals surface area contributed by atoms with Gasteiger partial charge in [0.25, 0.3) is 0 Å². The van der Waals surface area contributed by atoms with E-state index in [1.54, 1.807) is 68.5 Å². The van der Waals surface area contributed by atoms with Gasteiger partial charge in [0.1, 0.15) is 0 Å². The molecule has 2 aromatic rings. The second-order valence-electron chi connectivity index (χ2n) is 5.71. The van der Waals surface area contributed by atoms with Crippen LogP contribution in [0.1, 0.15) is 25.0 Å². The Morgan fingerprint density at radius 1 is 1.15 bits per heavy atom. The van der Waals surface area contributed by atoms with Crippen LogP contribution in [0.4, 0.5) is 5.69 Å². The van der Waals surface area contributed by atoms with Gasteiger partial charge in [-0.3, -0.25) is 4.79 Å². The Kier molecular flexibility index (Phi) is 6.94. The molecule has 0 aliphatic heterocycles.